The van der Waals surface area contributed by atoms with Crippen LogP contribution in [0.1, 0.15) is 38.2 Å². The van der Waals surface area contributed by atoms with Crippen LogP contribution in [0, 0.1) is 5.41 Å². The van der Waals surface area contributed by atoms with E-state index in [0.29, 0.717) is 5.41 Å². The number of rotatable bonds is 4. The molecule has 1 aliphatic carbocycles. The first-order chi connectivity index (χ1) is 9.13. The summed E-state index contributed by atoms with van der Waals surface area (Å²) >= 11 is 1.75. The Balaban J connectivity index is 0.00000200. The van der Waals surface area contributed by atoms with Gasteiger partial charge in [-0.3, -0.25) is 4.99 Å². The Kier molecular flexibility index (Phi) is 7.29. The topological polar surface area (TPSA) is 27.6 Å². The van der Waals surface area contributed by atoms with Gasteiger partial charge in [0.25, 0.3) is 0 Å². The molecule has 0 atom stereocenters. The Morgan fingerprint density at radius 1 is 1.45 bits per heavy atom. The van der Waals surface area contributed by atoms with Crippen LogP contribution in [-0.2, 0) is 6.54 Å². The molecule has 1 aromatic rings. The van der Waals surface area contributed by atoms with Crippen molar-refractivity contribution in [3.05, 3.63) is 22.4 Å². The molecule has 1 aliphatic rings. The minimum Gasteiger partial charge on any atom is -0.356 e. The van der Waals surface area contributed by atoms with E-state index in [1.54, 1.807) is 11.3 Å². The van der Waals surface area contributed by atoms with Crippen LogP contribution in [-0.4, -0.2) is 31.5 Å². The third kappa shape index (κ3) is 4.91. The van der Waals surface area contributed by atoms with Gasteiger partial charge in [0.15, 0.2) is 5.96 Å². The number of aliphatic imine (C=N–C) groups is 1. The summed E-state index contributed by atoms with van der Waals surface area (Å²) in [6, 6.07) is 2.17. The van der Waals surface area contributed by atoms with E-state index in [4.69, 9.17) is 0 Å². The van der Waals surface area contributed by atoms with Crippen LogP contribution in [0.5, 0.6) is 0 Å². The lowest BCUT2D eigenvalue weighted by Gasteiger charge is -2.28. The van der Waals surface area contributed by atoms with Gasteiger partial charge in [-0.2, -0.15) is 11.3 Å². The minimum absolute atomic E-state index is 0. The Labute approximate surface area is 143 Å². The molecular weight excluding hydrogens is 381 g/mol. The smallest absolute Gasteiger partial charge is 0.193 e. The summed E-state index contributed by atoms with van der Waals surface area (Å²) in [7, 11) is 3.97. The lowest BCUT2D eigenvalue weighted by atomic mass is 9.89. The maximum atomic E-state index is 4.40. The van der Waals surface area contributed by atoms with E-state index in [1.807, 2.05) is 7.05 Å². The second kappa shape index (κ2) is 8.22. The van der Waals surface area contributed by atoms with E-state index < -0.39 is 0 Å². The fraction of sp³-hybridized carbons (Fsp3) is 0.667. The average Bonchev–Trinajstić information content (AvgIpc) is 3.02. The summed E-state index contributed by atoms with van der Waals surface area (Å²) < 4.78 is 0. The van der Waals surface area contributed by atoms with E-state index in [-0.39, 0.29) is 24.0 Å². The van der Waals surface area contributed by atoms with Gasteiger partial charge >= 0.3 is 0 Å². The fourth-order valence-electron chi connectivity index (χ4n) is 2.81. The molecule has 1 fully saturated rings. The molecule has 0 unspecified atom stereocenters. The zero-order valence-electron chi connectivity index (χ0n) is 12.7. The zero-order valence-corrected chi connectivity index (χ0v) is 15.8. The molecule has 1 N–H and O–H groups in total. The highest BCUT2D eigenvalue weighted by Crippen LogP contribution is 2.36. The van der Waals surface area contributed by atoms with Crippen molar-refractivity contribution in [3.8, 4) is 0 Å². The van der Waals surface area contributed by atoms with Crippen LogP contribution < -0.4 is 5.32 Å². The van der Waals surface area contributed by atoms with E-state index >= 15 is 0 Å². The first-order valence-corrected chi connectivity index (χ1v) is 8.00. The van der Waals surface area contributed by atoms with Crippen molar-refractivity contribution in [2.45, 2.75) is 39.2 Å². The van der Waals surface area contributed by atoms with Crippen LogP contribution in [0.25, 0.3) is 0 Å². The van der Waals surface area contributed by atoms with Gasteiger partial charge in [-0.05, 0) is 40.6 Å². The Bertz CT molecular complexity index is 411. The van der Waals surface area contributed by atoms with E-state index in [9.17, 15) is 0 Å². The number of thiophene rings is 1. The molecule has 5 heteroatoms. The molecule has 2 rings (SSSR count). The van der Waals surface area contributed by atoms with Gasteiger partial charge in [0.1, 0.15) is 0 Å². The Hall–Kier alpha value is -0.300. The molecule has 0 aromatic carbocycles. The molecule has 1 aromatic heterocycles. The first-order valence-electron chi connectivity index (χ1n) is 7.06. The summed E-state index contributed by atoms with van der Waals surface area (Å²) in [5.74, 6) is 0.999. The first kappa shape index (κ1) is 17.8. The number of nitrogens with zero attached hydrogens (tertiary/aromatic N) is 2. The van der Waals surface area contributed by atoms with Gasteiger partial charge in [0, 0.05) is 27.2 Å². The molecule has 0 spiro atoms. The molecule has 0 bridgehead atoms. The number of hydrogen-bond acceptors (Lipinski definition) is 2. The number of nitrogens with one attached hydrogen (secondary N) is 1. The SMILES string of the molecule is CN=C(NCC1(C)CCCC1)N(C)Cc1ccsc1.I. The van der Waals surface area contributed by atoms with Crippen molar-refractivity contribution >= 4 is 41.3 Å². The van der Waals surface area contributed by atoms with Crippen molar-refractivity contribution in [2.24, 2.45) is 10.4 Å². The fourth-order valence-corrected chi connectivity index (χ4v) is 3.47. The Morgan fingerprint density at radius 3 is 2.70 bits per heavy atom. The average molecular weight is 407 g/mol. The van der Waals surface area contributed by atoms with Gasteiger partial charge in [-0.1, -0.05) is 19.8 Å². The van der Waals surface area contributed by atoms with Gasteiger partial charge in [-0.15, -0.1) is 24.0 Å². The lowest BCUT2D eigenvalue weighted by Crippen LogP contribution is -2.42. The predicted octanol–water partition coefficient (Wildman–Crippen LogP) is 3.95. The molecule has 0 aliphatic heterocycles. The maximum Gasteiger partial charge on any atom is 0.193 e. The van der Waals surface area contributed by atoms with Gasteiger partial charge in [-0.25, -0.2) is 0 Å². The molecule has 0 amide bonds. The molecule has 20 heavy (non-hydrogen) atoms. The monoisotopic (exact) mass is 407 g/mol. The highest BCUT2D eigenvalue weighted by atomic mass is 127. The lowest BCUT2D eigenvalue weighted by molar-refractivity contribution is 0.327. The van der Waals surface area contributed by atoms with E-state index in [0.717, 1.165) is 19.0 Å². The summed E-state index contributed by atoms with van der Waals surface area (Å²) in [6.45, 7) is 4.34. The quantitative estimate of drug-likeness (QED) is 0.465. The minimum atomic E-state index is 0. The number of guanidine groups is 1. The van der Waals surface area contributed by atoms with E-state index in [1.165, 1.54) is 31.2 Å². The molecule has 114 valence electrons. The molecule has 0 saturated heterocycles. The van der Waals surface area contributed by atoms with Crippen molar-refractivity contribution in [3.63, 3.8) is 0 Å². The second-order valence-electron chi connectivity index (χ2n) is 5.91. The maximum absolute atomic E-state index is 4.40. The summed E-state index contributed by atoms with van der Waals surface area (Å²) in [6.07, 6.45) is 5.43. The number of hydrogen-bond donors (Lipinski definition) is 1. The summed E-state index contributed by atoms with van der Waals surface area (Å²) in [4.78, 5) is 6.59. The van der Waals surface area contributed by atoms with Gasteiger partial charge in [0.2, 0.25) is 0 Å². The van der Waals surface area contributed by atoms with Gasteiger partial charge < -0.3 is 10.2 Å². The van der Waals surface area contributed by atoms with Crippen LogP contribution >= 0.6 is 35.3 Å². The molecule has 0 radical (unpaired) electrons. The van der Waals surface area contributed by atoms with Crippen molar-refractivity contribution < 1.29 is 0 Å². The molecular formula is C15H26IN3S. The Morgan fingerprint density at radius 2 is 2.15 bits per heavy atom. The molecule has 3 nitrogen and oxygen atoms in total. The highest BCUT2D eigenvalue weighted by molar-refractivity contribution is 14.0. The van der Waals surface area contributed by atoms with Crippen LogP contribution in [0.15, 0.2) is 21.8 Å². The van der Waals surface area contributed by atoms with Crippen molar-refractivity contribution in [1.82, 2.24) is 10.2 Å². The van der Waals surface area contributed by atoms with Crippen molar-refractivity contribution in [1.29, 1.82) is 0 Å². The summed E-state index contributed by atoms with van der Waals surface area (Å²) in [5, 5.41) is 7.86. The normalized spacial score (nSPS) is 17.6. The second-order valence-corrected chi connectivity index (χ2v) is 6.69. The molecule has 1 heterocycles. The highest BCUT2D eigenvalue weighted by Gasteiger charge is 2.28. The van der Waals surface area contributed by atoms with Crippen LogP contribution in [0.2, 0.25) is 0 Å². The van der Waals surface area contributed by atoms with Crippen molar-refractivity contribution in [2.75, 3.05) is 20.6 Å². The third-order valence-electron chi connectivity index (χ3n) is 4.06. The van der Waals surface area contributed by atoms with Gasteiger partial charge in [0.05, 0.1) is 0 Å². The summed E-state index contributed by atoms with van der Waals surface area (Å²) in [5.41, 5.74) is 1.81. The molecule has 1 saturated carbocycles. The van der Waals surface area contributed by atoms with Crippen LogP contribution in [0.4, 0.5) is 0 Å². The van der Waals surface area contributed by atoms with E-state index in [2.05, 4.69) is 46.0 Å². The van der Waals surface area contributed by atoms with Crippen LogP contribution in [0.3, 0.4) is 0 Å². The zero-order chi connectivity index (χ0) is 13.7. The standard InChI is InChI=1S/C15H25N3S.HI/c1-15(7-4-5-8-15)12-17-14(16-2)18(3)10-13-6-9-19-11-13;/h6,9,11H,4-5,7-8,10,12H2,1-3H3,(H,16,17);1H. The number of halogens is 1. The predicted molar refractivity (Wildman–Crippen MR) is 99.1 cm³/mol. The third-order valence-corrected chi connectivity index (χ3v) is 4.79. The largest absolute Gasteiger partial charge is 0.356 e.